The minimum atomic E-state index is 0.792. The fourth-order valence-electron chi connectivity index (χ4n) is 1.53. The van der Waals surface area contributed by atoms with Gasteiger partial charge in [0.15, 0.2) is 0 Å². The number of ether oxygens (including phenoxy) is 1. The highest BCUT2D eigenvalue weighted by molar-refractivity contribution is 5.02. The van der Waals surface area contributed by atoms with Crippen LogP contribution in [-0.4, -0.2) is 49.8 Å². The van der Waals surface area contributed by atoms with Crippen LogP contribution in [0.3, 0.4) is 0 Å². The Kier molecular flexibility index (Phi) is 7.54. The van der Waals surface area contributed by atoms with Crippen molar-refractivity contribution in [2.24, 2.45) is 0 Å². The lowest BCUT2D eigenvalue weighted by Crippen LogP contribution is -2.31. The molecule has 1 aromatic heterocycles. The lowest BCUT2D eigenvalue weighted by molar-refractivity contribution is 0.148. The van der Waals surface area contributed by atoms with Crippen molar-refractivity contribution in [2.75, 3.05) is 39.9 Å². The maximum atomic E-state index is 5.25. The molecule has 1 aromatic rings. The molecule has 1 N–H and O–H groups in total. The van der Waals surface area contributed by atoms with Crippen molar-refractivity contribution in [3.63, 3.8) is 0 Å². The van der Waals surface area contributed by atoms with Gasteiger partial charge in [0, 0.05) is 39.0 Å². The summed E-state index contributed by atoms with van der Waals surface area (Å²) < 4.78 is 5.25. The van der Waals surface area contributed by atoms with Crippen molar-refractivity contribution in [3.05, 3.63) is 30.1 Å². The number of hydrogen-bond donors (Lipinski definition) is 1. The average molecular weight is 237 g/mol. The standard InChI is InChI=1S/C13H23N3O/c1-3-17-11-9-14-8-10-16(2)12-13-6-4-5-7-15-13/h4-7,14H,3,8-12H2,1-2H3. The van der Waals surface area contributed by atoms with E-state index in [4.69, 9.17) is 4.74 Å². The van der Waals surface area contributed by atoms with Gasteiger partial charge in [0.1, 0.15) is 0 Å². The first kappa shape index (κ1) is 14.1. The van der Waals surface area contributed by atoms with E-state index in [2.05, 4.69) is 28.3 Å². The van der Waals surface area contributed by atoms with Crippen molar-refractivity contribution in [2.45, 2.75) is 13.5 Å². The van der Waals surface area contributed by atoms with Crippen molar-refractivity contribution in [3.8, 4) is 0 Å². The van der Waals surface area contributed by atoms with Crippen LogP contribution in [-0.2, 0) is 11.3 Å². The third-order valence-electron chi connectivity index (χ3n) is 2.46. The van der Waals surface area contributed by atoms with E-state index in [9.17, 15) is 0 Å². The number of likely N-dealkylation sites (N-methyl/N-ethyl adjacent to an activating group) is 1. The summed E-state index contributed by atoms with van der Waals surface area (Å²) in [6.45, 7) is 7.42. The van der Waals surface area contributed by atoms with Crippen LogP contribution in [0.4, 0.5) is 0 Å². The topological polar surface area (TPSA) is 37.4 Å². The fourth-order valence-corrected chi connectivity index (χ4v) is 1.53. The Hall–Kier alpha value is -0.970. The van der Waals surface area contributed by atoms with Crippen LogP contribution in [0, 0.1) is 0 Å². The van der Waals surface area contributed by atoms with Gasteiger partial charge in [0.2, 0.25) is 0 Å². The molecule has 4 nitrogen and oxygen atoms in total. The molecule has 0 aliphatic heterocycles. The molecule has 0 aromatic carbocycles. The van der Waals surface area contributed by atoms with E-state index in [1.165, 1.54) is 0 Å². The number of pyridine rings is 1. The Morgan fingerprint density at radius 1 is 1.35 bits per heavy atom. The molecule has 0 amide bonds. The van der Waals surface area contributed by atoms with E-state index in [0.717, 1.165) is 45.1 Å². The maximum Gasteiger partial charge on any atom is 0.0590 e. The summed E-state index contributed by atoms with van der Waals surface area (Å²) in [5.41, 5.74) is 1.12. The van der Waals surface area contributed by atoms with Crippen LogP contribution in [0.5, 0.6) is 0 Å². The predicted octanol–water partition coefficient (Wildman–Crippen LogP) is 1.14. The Morgan fingerprint density at radius 3 is 2.94 bits per heavy atom. The third-order valence-corrected chi connectivity index (χ3v) is 2.46. The van der Waals surface area contributed by atoms with Crippen LogP contribution < -0.4 is 5.32 Å². The van der Waals surface area contributed by atoms with E-state index < -0.39 is 0 Å². The van der Waals surface area contributed by atoms with Crippen molar-refractivity contribution >= 4 is 0 Å². The molecule has 0 spiro atoms. The molecule has 0 saturated carbocycles. The summed E-state index contributed by atoms with van der Waals surface area (Å²) >= 11 is 0. The summed E-state index contributed by atoms with van der Waals surface area (Å²) in [5, 5.41) is 3.35. The molecule has 0 bridgehead atoms. The van der Waals surface area contributed by atoms with Gasteiger partial charge < -0.3 is 10.1 Å². The molecule has 1 heterocycles. The van der Waals surface area contributed by atoms with Crippen molar-refractivity contribution < 1.29 is 4.74 Å². The second-order valence-corrected chi connectivity index (χ2v) is 4.01. The Morgan fingerprint density at radius 2 is 2.24 bits per heavy atom. The van der Waals surface area contributed by atoms with Gasteiger partial charge in [-0.05, 0) is 26.1 Å². The van der Waals surface area contributed by atoms with E-state index >= 15 is 0 Å². The Balaban J connectivity index is 2.03. The van der Waals surface area contributed by atoms with E-state index in [-0.39, 0.29) is 0 Å². The molecule has 0 unspecified atom stereocenters. The van der Waals surface area contributed by atoms with Gasteiger partial charge >= 0.3 is 0 Å². The zero-order chi connectivity index (χ0) is 12.3. The quantitative estimate of drug-likeness (QED) is 0.654. The first-order valence-corrected chi connectivity index (χ1v) is 6.20. The van der Waals surface area contributed by atoms with Gasteiger partial charge in [-0.15, -0.1) is 0 Å². The molecule has 0 atom stereocenters. The summed E-state index contributed by atoms with van der Waals surface area (Å²) in [6.07, 6.45) is 1.84. The van der Waals surface area contributed by atoms with Gasteiger partial charge in [-0.1, -0.05) is 6.07 Å². The molecular weight excluding hydrogens is 214 g/mol. The first-order chi connectivity index (χ1) is 8.33. The van der Waals surface area contributed by atoms with Crippen molar-refractivity contribution in [1.82, 2.24) is 15.2 Å². The summed E-state index contributed by atoms with van der Waals surface area (Å²) in [4.78, 5) is 6.57. The number of nitrogens with one attached hydrogen (secondary N) is 1. The summed E-state index contributed by atoms with van der Waals surface area (Å²) in [5.74, 6) is 0. The van der Waals surface area contributed by atoms with E-state index in [1.807, 2.05) is 25.3 Å². The molecule has 0 radical (unpaired) electrons. The van der Waals surface area contributed by atoms with E-state index in [1.54, 1.807) is 0 Å². The molecule has 0 aliphatic rings. The van der Waals surface area contributed by atoms with Crippen LogP contribution in [0.1, 0.15) is 12.6 Å². The zero-order valence-corrected chi connectivity index (χ0v) is 10.9. The number of nitrogens with zero attached hydrogens (tertiary/aromatic N) is 2. The minimum absolute atomic E-state index is 0.792. The monoisotopic (exact) mass is 237 g/mol. The van der Waals surface area contributed by atoms with Gasteiger partial charge in [-0.2, -0.15) is 0 Å². The second kappa shape index (κ2) is 9.10. The molecule has 0 fully saturated rings. The molecule has 0 saturated heterocycles. The third kappa shape index (κ3) is 7.05. The van der Waals surface area contributed by atoms with Crippen molar-refractivity contribution in [1.29, 1.82) is 0 Å². The Bertz CT molecular complexity index is 279. The zero-order valence-electron chi connectivity index (χ0n) is 10.9. The number of rotatable bonds is 9. The molecule has 4 heteroatoms. The second-order valence-electron chi connectivity index (χ2n) is 4.01. The van der Waals surface area contributed by atoms with Crippen LogP contribution in [0.2, 0.25) is 0 Å². The molecule has 96 valence electrons. The van der Waals surface area contributed by atoms with Gasteiger partial charge in [0.25, 0.3) is 0 Å². The molecule has 17 heavy (non-hydrogen) atoms. The van der Waals surface area contributed by atoms with E-state index in [0.29, 0.717) is 0 Å². The largest absolute Gasteiger partial charge is 0.380 e. The molecular formula is C13H23N3O. The highest BCUT2D eigenvalue weighted by Crippen LogP contribution is 1.97. The smallest absolute Gasteiger partial charge is 0.0590 e. The first-order valence-electron chi connectivity index (χ1n) is 6.20. The lowest BCUT2D eigenvalue weighted by atomic mass is 10.3. The summed E-state index contributed by atoms with van der Waals surface area (Å²) in [7, 11) is 2.11. The Labute approximate surface area is 104 Å². The van der Waals surface area contributed by atoms with Gasteiger partial charge in [0.05, 0.1) is 12.3 Å². The number of aromatic nitrogens is 1. The van der Waals surface area contributed by atoms with Gasteiger partial charge in [-0.25, -0.2) is 0 Å². The number of hydrogen-bond acceptors (Lipinski definition) is 4. The molecule has 0 aliphatic carbocycles. The average Bonchev–Trinajstić information content (AvgIpc) is 2.35. The van der Waals surface area contributed by atoms with Crippen LogP contribution in [0.15, 0.2) is 24.4 Å². The fraction of sp³-hybridized carbons (Fsp3) is 0.615. The minimum Gasteiger partial charge on any atom is -0.380 e. The van der Waals surface area contributed by atoms with Crippen LogP contribution in [0.25, 0.3) is 0 Å². The highest BCUT2D eigenvalue weighted by atomic mass is 16.5. The summed E-state index contributed by atoms with van der Waals surface area (Å²) in [6, 6.07) is 6.02. The lowest BCUT2D eigenvalue weighted by Gasteiger charge is -2.16. The predicted molar refractivity (Wildman–Crippen MR) is 69.9 cm³/mol. The SMILES string of the molecule is CCOCCNCCN(C)Cc1ccccn1. The van der Waals surface area contributed by atoms with Crippen LogP contribution >= 0.6 is 0 Å². The highest BCUT2D eigenvalue weighted by Gasteiger charge is 1.99. The maximum absolute atomic E-state index is 5.25. The van der Waals surface area contributed by atoms with Gasteiger partial charge in [-0.3, -0.25) is 9.88 Å². The normalized spacial score (nSPS) is 11.0. The molecule has 1 rings (SSSR count).